The molecule has 1 rings (SSSR count). The van der Waals surface area contributed by atoms with E-state index in [-0.39, 0.29) is 6.54 Å². The molecule has 0 saturated carbocycles. The van der Waals surface area contributed by atoms with E-state index in [0.29, 0.717) is 0 Å². The van der Waals surface area contributed by atoms with E-state index in [9.17, 15) is 9.59 Å². The van der Waals surface area contributed by atoms with E-state index in [4.69, 9.17) is 5.26 Å². The van der Waals surface area contributed by atoms with Crippen LogP contribution in [0.2, 0.25) is 0 Å². The van der Waals surface area contributed by atoms with Crippen LogP contribution in [0.25, 0.3) is 0 Å². The third kappa shape index (κ3) is 1.42. The molecule has 1 saturated heterocycles. The molecule has 1 heterocycles. The van der Waals surface area contributed by atoms with Crippen LogP contribution in [0.3, 0.4) is 0 Å². The Morgan fingerprint density at radius 3 is 2.14 bits per heavy atom. The molecule has 0 aliphatic carbocycles. The highest BCUT2D eigenvalue weighted by Crippen LogP contribution is 2.28. The van der Waals surface area contributed by atoms with Crippen molar-refractivity contribution < 1.29 is 19.7 Å². The monoisotopic (exact) mass is 201 g/mol. The first kappa shape index (κ1) is 11.1. The molecule has 80 valence electrons. The number of Topliss-reactive ketones (excluding diaryl/α,β-unsaturated/α-hetero) is 1. The standard InChI is InChI=1S/C9H15NO4/c1-8(2,3)10-5-6(11)9(4,14-13)7(10)12/h13H,5H2,1-4H3. The molecule has 5 nitrogen and oxygen atoms in total. The number of carbonyl (C=O) groups excluding carboxylic acids is 2. The second kappa shape index (κ2) is 3.03. The molecule has 1 aliphatic rings. The van der Waals surface area contributed by atoms with Gasteiger partial charge in [0.05, 0.1) is 6.54 Å². The van der Waals surface area contributed by atoms with Gasteiger partial charge in [-0.2, -0.15) is 0 Å². The number of hydrogen-bond donors (Lipinski definition) is 1. The molecular weight excluding hydrogens is 186 g/mol. The van der Waals surface area contributed by atoms with Gasteiger partial charge in [0.15, 0.2) is 5.78 Å². The highest BCUT2D eigenvalue weighted by Gasteiger charge is 2.54. The maximum atomic E-state index is 11.7. The Balaban J connectivity index is 3.02. The second-order valence-corrected chi connectivity index (χ2v) is 4.61. The van der Waals surface area contributed by atoms with Crippen molar-refractivity contribution in [2.24, 2.45) is 0 Å². The minimum absolute atomic E-state index is 0.0145. The molecule has 1 aliphatic heterocycles. The van der Waals surface area contributed by atoms with Crippen LogP contribution in [-0.4, -0.2) is 39.5 Å². The van der Waals surface area contributed by atoms with Crippen molar-refractivity contribution in [3.8, 4) is 0 Å². The molecule has 1 amide bonds. The molecule has 0 radical (unpaired) electrons. The third-order valence-corrected chi connectivity index (χ3v) is 2.48. The van der Waals surface area contributed by atoms with Crippen LogP contribution in [0.5, 0.6) is 0 Å². The summed E-state index contributed by atoms with van der Waals surface area (Å²) in [6, 6.07) is 0. The molecule has 1 fully saturated rings. The minimum Gasteiger partial charge on any atom is -0.327 e. The number of ketones is 1. The number of hydrogen-bond acceptors (Lipinski definition) is 4. The summed E-state index contributed by atoms with van der Waals surface area (Å²) in [5.41, 5.74) is -2.16. The smallest absolute Gasteiger partial charge is 0.266 e. The molecule has 14 heavy (non-hydrogen) atoms. The average molecular weight is 201 g/mol. The van der Waals surface area contributed by atoms with Gasteiger partial charge in [0.1, 0.15) is 0 Å². The van der Waals surface area contributed by atoms with E-state index in [1.165, 1.54) is 11.8 Å². The van der Waals surface area contributed by atoms with E-state index in [0.717, 1.165) is 0 Å². The highest BCUT2D eigenvalue weighted by atomic mass is 17.1. The van der Waals surface area contributed by atoms with Crippen LogP contribution < -0.4 is 0 Å². The van der Waals surface area contributed by atoms with Crippen molar-refractivity contribution in [1.29, 1.82) is 0 Å². The Bertz CT molecular complexity index is 281. The summed E-state index contributed by atoms with van der Waals surface area (Å²) in [6.07, 6.45) is 0. The van der Waals surface area contributed by atoms with Crippen LogP contribution in [0, 0.1) is 0 Å². The van der Waals surface area contributed by atoms with Gasteiger partial charge in [0.2, 0.25) is 5.60 Å². The number of rotatable bonds is 1. The van der Waals surface area contributed by atoms with Gasteiger partial charge in [-0.15, -0.1) is 0 Å². The summed E-state index contributed by atoms with van der Waals surface area (Å²) in [5, 5.41) is 8.58. The van der Waals surface area contributed by atoms with Gasteiger partial charge in [-0.05, 0) is 27.7 Å². The van der Waals surface area contributed by atoms with E-state index in [2.05, 4.69) is 4.89 Å². The number of likely N-dealkylation sites (tertiary alicyclic amines) is 1. The summed E-state index contributed by atoms with van der Waals surface area (Å²) < 4.78 is 0. The molecule has 0 aromatic carbocycles. The first-order chi connectivity index (χ1) is 6.23. The molecule has 0 spiro atoms. The first-order valence-corrected chi connectivity index (χ1v) is 4.41. The largest absolute Gasteiger partial charge is 0.327 e. The highest BCUT2D eigenvalue weighted by molar-refractivity contribution is 6.15. The van der Waals surface area contributed by atoms with Gasteiger partial charge in [0, 0.05) is 5.54 Å². The molecular formula is C9H15NO4. The normalized spacial score (nSPS) is 28.8. The molecule has 0 aromatic heterocycles. The van der Waals surface area contributed by atoms with E-state index < -0.39 is 22.8 Å². The molecule has 1 N–H and O–H groups in total. The SMILES string of the molecule is CC1(OO)C(=O)CN(C(C)(C)C)C1=O. The summed E-state index contributed by atoms with van der Waals surface area (Å²) in [6.45, 7) is 6.73. The average Bonchev–Trinajstić information content (AvgIpc) is 2.29. The van der Waals surface area contributed by atoms with Crippen LogP contribution in [0.15, 0.2) is 0 Å². The van der Waals surface area contributed by atoms with Crippen LogP contribution in [-0.2, 0) is 14.5 Å². The maximum absolute atomic E-state index is 11.7. The fraction of sp³-hybridized carbons (Fsp3) is 0.778. The Morgan fingerprint density at radius 1 is 1.43 bits per heavy atom. The lowest BCUT2D eigenvalue weighted by atomic mass is 10.0. The van der Waals surface area contributed by atoms with Crippen LogP contribution in [0.1, 0.15) is 27.7 Å². The van der Waals surface area contributed by atoms with Crippen LogP contribution >= 0.6 is 0 Å². The topological polar surface area (TPSA) is 66.8 Å². The van der Waals surface area contributed by atoms with E-state index >= 15 is 0 Å². The fourth-order valence-electron chi connectivity index (χ4n) is 1.37. The van der Waals surface area contributed by atoms with Crippen molar-refractivity contribution in [2.75, 3.05) is 6.54 Å². The van der Waals surface area contributed by atoms with Crippen molar-refractivity contribution >= 4 is 11.7 Å². The Morgan fingerprint density at radius 2 is 1.93 bits per heavy atom. The van der Waals surface area contributed by atoms with Gasteiger partial charge in [-0.3, -0.25) is 14.8 Å². The van der Waals surface area contributed by atoms with Crippen molar-refractivity contribution in [2.45, 2.75) is 38.8 Å². The minimum atomic E-state index is -1.71. The second-order valence-electron chi connectivity index (χ2n) is 4.61. The predicted molar refractivity (Wildman–Crippen MR) is 48.6 cm³/mol. The van der Waals surface area contributed by atoms with Crippen molar-refractivity contribution in [1.82, 2.24) is 4.90 Å². The van der Waals surface area contributed by atoms with Crippen molar-refractivity contribution in [3.63, 3.8) is 0 Å². The number of amides is 1. The third-order valence-electron chi connectivity index (χ3n) is 2.48. The summed E-state index contributed by atoms with van der Waals surface area (Å²) in [7, 11) is 0. The fourth-order valence-corrected chi connectivity index (χ4v) is 1.37. The zero-order valence-electron chi connectivity index (χ0n) is 8.83. The van der Waals surface area contributed by atoms with Gasteiger partial charge in [-0.25, -0.2) is 4.89 Å². The van der Waals surface area contributed by atoms with Gasteiger partial charge < -0.3 is 4.90 Å². The molecule has 1 atom stereocenters. The molecule has 5 heteroatoms. The summed E-state index contributed by atoms with van der Waals surface area (Å²) >= 11 is 0. The Kier molecular flexibility index (Phi) is 2.41. The van der Waals surface area contributed by atoms with Gasteiger partial charge >= 0.3 is 0 Å². The zero-order valence-corrected chi connectivity index (χ0v) is 8.83. The maximum Gasteiger partial charge on any atom is 0.266 e. The predicted octanol–water partition coefficient (Wildman–Crippen LogP) is 0.444. The van der Waals surface area contributed by atoms with E-state index in [1.54, 1.807) is 0 Å². The molecule has 0 bridgehead atoms. The lowest BCUT2D eigenvalue weighted by Gasteiger charge is -2.31. The lowest BCUT2D eigenvalue weighted by Crippen LogP contribution is -2.48. The molecule has 0 aromatic rings. The summed E-state index contributed by atoms with van der Waals surface area (Å²) in [4.78, 5) is 28.6. The molecule has 1 unspecified atom stereocenters. The Labute approximate surface area is 82.6 Å². The number of nitrogens with zero attached hydrogens (tertiary/aromatic N) is 1. The Hall–Kier alpha value is -0.940. The van der Waals surface area contributed by atoms with Crippen molar-refractivity contribution in [3.05, 3.63) is 0 Å². The summed E-state index contributed by atoms with van der Waals surface area (Å²) in [5.74, 6) is -0.905. The van der Waals surface area contributed by atoms with Gasteiger partial charge in [-0.1, -0.05) is 0 Å². The quantitative estimate of drug-likeness (QED) is 0.380. The van der Waals surface area contributed by atoms with E-state index in [1.807, 2.05) is 20.8 Å². The lowest BCUT2D eigenvalue weighted by molar-refractivity contribution is -0.295. The number of carbonyl (C=O) groups is 2. The zero-order chi connectivity index (χ0) is 11.1. The first-order valence-electron chi connectivity index (χ1n) is 4.41. The van der Waals surface area contributed by atoms with Gasteiger partial charge in [0.25, 0.3) is 5.91 Å². The van der Waals surface area contributed by atoms with Crippen LogP contribution in [0.4, 0.5) is 0 Å².